The Hall–Kier alpha value is -5.27. The quantitative estimate of drug-likeness (QED) is 0.123. The summed E-state index contributed by atoms with van der Waals surface area (Å²) in [6, 6.07) is 33.9. The molecule has 8 heteroatoms. The van der Waals surface area contributed by atoms with Crippen LogP contribution in [0.2, 0.25) is 19.6 Å². The average Bonchev–Trinajstić information content (AvgIpc) is 3.84. The van der Waals surface area contributed by atoms with Crippen molar-refractivity contribution >= 4 is 57.3 Å². The smallest absolute Gasteiger partial charge is 0.216 e. The fourth-order valence-electron chi connectivity index (χ4n) is 8.02. The largest absolute Gasteiger partial charge is 0.486 e. The third-order valence-corrected chi connectivity index (χ3v) is 13.4. The maximum absolute atomic E-state index is 14.7. The molecule has 0 N–H and O–H groups in total. The molecule has 1 radical (unpaired) electrons. The van der Waals surface area contributed by atoms with Gasteiger partial charge in [0.15, 0.2) is 0 Å². The van der Waals surface area contributed by atoms with E-state index in [1.54, 1.807) is 18.2 Å². The summed E-state index contributed by atoms with van der Waals surface area (Å²) < 4.78 is 92.7. The number of halogens is 1. The summed E-state index contributed by atoms with van der Waals surface area (Å²) in [7, 11) is -1.98. The van der Waals surface area contributed by atoms with E-state index in [0.29, 0.717) is 22.0 Å². The Morgan fingerprint density at radius 2 is 1.46 bits per heavy atom. The number of hydrogen-bond donors (Lipinski definition) is 0. The molecule has 0 amide bonds. The van der Waals surface area contributed by atoms with E-state index < -0.39 is 40.0 Å². The third kappa shape index (κ3) is 8.70. The van der Waals surface area contributed by atoms with Crippen LogP contribution < -0.4 is 5.19 Å². The molecule has 4 aromatic heterocycles. The van der Waals surface area contributed by atoms with Crippen molar-refractivity contribution in [1.29, 1.82) is 0 Å². The number of para-hydroxylation sites is 2. The second kappa shape index (κ2) is 17.4. The number of hydrogen-bond acceptors (Lipinski definition) is 4. The minimum absolute atomic E-state index is 0. The summed E-state index contributed by atoms with van der Waals surface area (Å²) in [5.41, 5.74) is 9.42. The van der Waals surface area contributed by atoms with Crippen LogP contribution in [-0.2, 0) is 25.5 Å². The maximum Gasteiger partial charge on any atom is 0.216 e. The first-order valence-corrected chi connectivity index (χ1v) is 24.5. The zero-order valence-corrected chi connectivity index (χ0v) is 40.7. The molecule has 9 rings (SSSR count). The van der Waals surface area contributed by atoms with E-state index in [2.05, 4.69) is 100 Å². The second-order valence-electron chi connectivity index (χ2n) is 18.7. The first-order chi connectivity index (χ1) is 32.9. The summed E-state index contributed by atoms with van der Waals surface area (Å²) in [5.74, 6) is 0.345. The van der Waals surface area contributed by atoms with E-state index in [0.717, 1.165) is 50.3 Å². The molecule has 0 unspecified atom stereocenters. The molecule has 5 nitrogen and oxygen atoms in total. The van der Waals surface area contributed by atoms with Crippen LogP contribution in [0.5, 0.6) is 0 Å². The molecule has 0 aliphatic rings. The van der Waals surface area contributed by atoms with Crippen molar-refractivity contribution in [2.45, 2.75) is 106 Å². The molecule has 0 atom stereocenters. The Kier molecular flexibility index (Phi) is 9.68. The molecule has 9 aromatic rings. The Morgan fingerprint density at radius 1 is 0.762 bits per heavy atom. The molecule has 325 valence electrons. The van der Waals surface area contributed by atoms with E-state index in [1.165, 1.54) is 35.0 Å². The van der Waals surface area contributed by atoms with E-state index in [-0.39, 0.29) is 59.7 Å². The van der Waals surface area contributed by atoms with Crippen molar-refractivity contribution in [3.05, 3.63) is 149 Å². The average molecular weight is 1040 g/mol. The van der Waals surface area contributed by atoms with Crippen molar-refractivity contribution in [1.82, 2.24) is 19.5 Å². The van der Waals surface area contributed by atoms with Gasteiger partial charge in [-0.2, -0.15) is 0 Å². The maximum atomic E-state index is 14.7. The van der Waals surface area contributed by atoms with Gasteiger partial charge in [0.25, 0.3) is 0 Å². The zero-order chi connectivity index (χ0) is 51.9. The standard InChI is InChI=1S/C39H38N3O.C16H19FNSi.Ir/c1-22(2)29-20-26(39(6,7)8)21-30(23(3)4)35(29)42-34-15-10-9-14-33(34)40-37(42)28-13-11-12-27-31-19-25-18-24(5)16-17-32(25)41-38(31)43-36(27)28;1-11-7-6-8-13(16(11)17)14-9-12(2)15(10-18-14)19(3,4)5;/h9-12,14-23H,1-8H3;6-7,9-10H,1-5H3;/q2*-1;/i5D3;1D3,2D3;. The molecule has 0 spiro atoms. The van der Waals surface area contributed by atoms with Gasteiger partial charge < -0.3 is 14.0 Å². The van der Waals surface area contributed by atoms with Crippen LogP contribution in [0.15, 0.2) is 102 Å². The molecule has 5 aromatic carbocycles. The summed E-state index contributed by atoms with van der Waals surface area (Å²) in [4.78, 5) is 14.2. The number of benzene rings is 5. The van der Waals surface area contributed by atoms with Crippen LogP contribution in [0, 0.1) is 38.5 Å². The SMILES string of the molecule is [2H]C([2H])([2H])c1cc(-c2[c-]ccc(C([2H])([2H])[2H])c2F)ncc1[Si](C)(C)C.[2H]C([2H])([2H])c1ccc2nc3oc4c(-c5nc6ccccc6n5-c5c(C(C)C)cc(C(C)(C)C)cc5C(C)C)[c-]ccc4c3cc2c1.[Ir]. The van der Waals surface area contributed by atoms with Crippen LogP contribution >= 0.6 is 0 Å². The molecular weight excluding hydrogens is 972 g/mol. The van der Waals surface area contributed by atoms with Crippen LogP contribution in [0.3, 0.4) is 0 Å². The topological polar surface area (TPSA) is 56.7 Å². The number of aromatic nitrogens is 4. The molecule has 0 aliphatic carbocycles. The minimum atomic E-state index is -2.61. The van der Waals surface area contributed by atoms with Gasteiger partial charge in [-0.1, -0.05) is 145 Å². The van der Waals surface area contributed by atoms with Gasteiger partial charge >= 0.3 is 0 Å². The van der Waals surface area contributed by atoms with E-state index in [9.17, 15) is 4.39 Å². The molecule has 0 saturated carbocycles. The van der Waals surface area contributed by atoms with Gasteiger partial charge in [0.05, 0.1) is 36.0 Å². The number of imidazole rings is 1. The summed E-state index contributed by atoms with van der Waals surface area (Å²) in [6.07, 6.45) is 1.47. The van der Waals surface area contributed by atoms with Gasteiger partial charge in [0, 0.05) is 60.9 Å². The second-order valence-corrected chi connectivity index (χ2v) is 23.8. The Morgan fingerprint density at radius 3 is 2.13 bits per heavy atom. The first-order valence-electron chi connectivity index (χ1n) is 25.5. The first kappa shape index (κ1) is 35.1. The number of nitrogens with zero attached hydrogens (tertiary/aromatic N) is 4. The number of aryl methyl sites for hydroxylation is 3. The summed E-state index contributed by atoms with van der Waals surface area (Å²) >= 11 is 0. The molecule has 0 aliphatic heterocycles. The van der Waals surface area contributed by atoms with Gasteiger partial charge in [-0.25, -0.2) is 4.98 Å². The Labute approximate surface area is 399 Å². The van der Waals surface area contributed by atoms with Crippen LogP contribution in [-0.4, -0.2) is 27.6 Å². The van der Waals surface area contributed by atoms with E-state index in [1.807, 2.05) is 43.9 Å². The third-order valence-electron chi connectivity index (χ3n) is 11.4. The van der Waals surface area contributed by atoms with Gasteiger partial charge in [0.2, 0.25) is 5.71 Å². The Bertz CT molecular complexity index is 3480. The van der Waals surface area contributed by atoms with Gasteiger partial charge in [-0.05, 0) is 88.9 Å². The molecular formula is C55H57FIrN4OSi-2. The number of rotatable bonds is 6. The minimum Gasteiger partial charge on any atom is -0.486 e. The van der Waals surface area contributed by atoms with E-state index in [4.69, 9.17) is 26.7 Å². The fraction of sp³-hybridized carbons (Fsp3) is 0.291. The van der Waals surface area contributed by atoms with E-state index >= 15 is 0 Å². The van der Waals surface area contributed by atoms with Crippen LogP contribution in [0.1, 0.15) is 106 Å². The number of fused-ring (bicyclic) bond motifs is 5. The van der Waals surface area contributed by atoms with Gasteiger partial charge in [-0.15, -0.1) is 36.4 Å². The zero-order valence-electron chi connectivity index (χ0n) is 46.3. The van der Waals surface area contributed by atoms with Crippen molar-refractivity contribution in [3.8, 4) is 28.3 Å². The van der Waals surface area contributed by atoms with Crippen LogP contribution in [0.4, 0.5) is 4.39 Å². The molecule has 0 bridgehead atoms. The number of pyridine rings is 2. The predicted octanol–water partition coefficient (Wildman–Crippen LogP) is 14.6. The van der Waals surface area contributed by atoms with Crippen molar-refractivity contribution < 1.29 is 41.2 Å². The molecule has 0 saturated heterocycles. The van der Waals surface area contributed by atoms with Crippen molar-refractivity contribution in [3.63, 3.8) is 0 Å². The normalized spacial score (nSPS) is 14.8. The molecule has 4 heterocycles. The molecule has 0 fully saturated rings. The predicted molar refractivity (Wildman–Crippen MR) is 260 cm³/mol. The Balaban J connectivity index is 0.000000249. The van der Waals surface area contributed by atoms with Crippen molar-refractivity contribution in [2.75, 3.05) is 0 Å². The van der Waals surface area contributed by atoms with Crippen LogP contribution in [0.25, 0.3) is 72.3 Å². The molecule has 63 heavy (non-hydrogen) atoms. The summed E-state index contributed by atoms with van der Waals surface area (Å²) in [5, 5.41) is 3.13. The van der Waals surface area contributed by atoms with Gasteiger partial charge in [-0.3, -0.25) is 9.37 Å². The summed E-state index contributed by atoms with van der Waals surface area (Å²) in [6.45, 7) is 14.7. The fourth-order valence-corrected chi connectivity index (χ4v) is 9.35. The van der Waals surface area contributed by atoms with Gasteiger partial charge in [0.1, 0.15) is 0 Å². The monoisotopic (exact) mass is 1040 g/mol. The number of furan rings is 1. The van der Waals surface area contributed by atoms with Crippen molar-refractivity contribution in [2.24, 2.45) is 0 Å².